The molecule has 0 spiro atoms. The Bertz CT molecular complexity index is 2230. The van der Waals surface area contributed by atoms with Crippen LogP contribution in [0.25, 0.3) is 0 Å². The summed E-state index contributed by atoms with van der Waals surface area (Å²) in [6.07, 6.45) is 0.917. The lowest BCUT2D eigenvalue weighted by molar-refractivity contribution is -0.0457. The van der Waals surface area contributed by atoms with Crippen LogP contribution in [0.1, 0.15) is 86.9 Å². The van der Waals surface area contributed by atoms with Crippen LogP contribution in [0.2, 0.25) is 0 Å². The van der Waals surface area contributed by atoms with Gasteiger partial charge in [-0.2, -0.15) is 35.5 Å². The monoisotopic (exact) mass is 928 g/mol. The van der Waals surface area contributed by atoms with Crippen LogP contribution in [0.5, 0.6) is 17.2 Å². The number of carbonyl (C=O) groups excluding carboxylic acids is 2. The van der Waals surface area contributed by atoms with E-state index in [2.05, 4.69) is 20.9 Å². The van der Waals surface area contributed by atoms with Gasteiger partial charge in [0.1, 0.15) is 0 Å². The van der Waals surface area contributed by atoms with Gasteiger partial charge in [0.05, 0.1) is 54.1 Å². The number of hydrogen-bond acceptors (Lipinski definition) is 14. The molecule has 0 heterocycles. The van der Waals surface area contributed by atoms with Gasteiger partial charge in [-0.3, -0.25) is 23.2 Å². The number of nitrogens with one attached hydrogen (secondary N) is 2. The quantitative estimate of drug-likeness (QED) is 0.0318. The van der Waals surface area contributed by atoms with Gasteiger partial charge in [0.2, 0.25) is 5.75 Å². The molecule has 344 valence electrons. The van der Waals surface area contributed by atoms with Gasteiger partial charge in [0, 0.05) is 29.8 Å². The van der Waals surface area contributed by atoms with Gasteiger partial charge < -0.3 is 29.6 Å². The molecule has 1 atom stereocenters. The van der Waals surface area contributed by atoms with Crippen molar-refractivity contribution in [2.75, 3.05) is 50.2 Å². The number of carbonyl (C=O) groups is 2. The first kappa shape index (κ1) is 51.6. The molecule has 3 rings (SSSR count). The summed E-state index contributed by atoms with van der Waals surface area (Å²) in [6.45, 7) is 7.18. The Morgan fingerprint density at radius 1 is 0.629 bits per heavy atom. The predicted octanol–water partition coefficient (Wildman–Crippen LogP) is 5.98. The SMILES string of the molecule is CCC(C)(CCNC(=O)c1cc(OCCCS(=O)(=O)O)c(OCCCS(=O)(=O)O)c(OCCCS(=O)(=O)O)c1)OCCC(C)(C)NC(=O)c1ccc(N=Nc2ccccc2)cc1. The van der Waals surface area contributed by atoms with E-state index >= 15 is 0 Å². The maximum atomic E-state index is 13.5. The van der Waals surface area contributed by atoms with Crippen molar-refractivity contribution in [3.8, 4) is 17.2 Å². The fourth-order valence-electron chi connectivity index (χ4n) is 5.50. The van der Waals surface area contributed by atoms with Crippen LogP contribution >= 0.6 is 0 Å². The Morgan fingerprint density at radius 2 is 1.11 bits per heavy atom. The summed E-state index contributed by atoms with van der Waals surface area (Å²) < 4.78 is 118. The summed E-state index contributed by atoms with van der Waals surface area (Å²) in [7, 11) is -13.0. The first-order chi connectivity index (χ1) is 29.0. The third-order valence-electron chi connectivity index (χ3n) is 9.17. The number of azo groups is 1. The maximum absolute atomic E-state index is 13.5. The molecule has 3 aromatic carbocycles. The van der Waals surface area contributed by atoms with E-state index in [0.717, 1.165) is 0 Å². The highest BCUT2D eigenvalue weighted by Crippen LogP contribution is 2.39. The standard InChI is InChI=1S/C40H56N4O15S3/c1-5-40(4,59-24-19-39(2,3)42-38(46)30-14-16-33(17-15-30)44-43-32-12-7-6-8-13-32)18-20-41-37(45)31-28-34(56-21-9-25-60(47,48)49)36(58-23-11-27-62(53,54)55)35(29-31)57-22-10-26-61(50,51)52/h6-8,12-17,28-29H,5,9-11,18-27H2,1-4H3,(H,41,45)(H,42,46)(H,47,48,49)(H,50,51,52)(H,53,54,55). The van der Waals surface area contributed by atoms with Gasteiger partial charge in [0.15, 0.2) is 11.5 Å². The number of amides is 2. The third-order valence-corrected chi connectivity index (χ3v) is 11.6. The zero-order chi connectivity index (χ0) is 46.0. The molecule has 0 bridgehead atoms. The van der Waals surface area contributed by atoms with Crippen LogP contribution in [0, 0.1) is 0 Å². The normalized spacial score (nSPS) is 13.3. The van der Waals surface area contributed by atoms with Gasteiger partial charge in [-0.1, -0.05) is 25.1 Å². The van der Waals surface area contributed by atoms with E-state index in [0.29, 0.717) is 36.2 Å². The molecule has 1 unspecified atom stereocenters. The van der Waals surface area contributed by atoms with Crippen molar-refractivity contribution in [1.82, 2.24) is 10.6 Å². The van der Waals surface area contributed by atoms with Gasteiger partial charge in [-0.25, -0.2) is 0 Å². The Morgan fingerprint density at radius 3 is 1.60 bits per heavy atom. The molecule has 0 saturated carbocycles. The lowest BCUT2D eigenvalue weighted by Gasteiger charge is -2.32. The molecule has 0 aliphatic carbocycles. The highest BCUT2D eigenvalue weighted by molar-refractivity contribution is 7.86. The second-order valence-corrected chi connectivity index (χ2v) is 19.8. The first-order valence-electron chi connectivity index (χ1n) is 19.7. The summed E-state index contributed by atoms with van der Waals surface area (Å²) in [5.41, 5.74) is 0.431. The fraction of sp³-hybridized carbons (Fsp3) is 0.500. The van der Waals surface area contributed by atoms with Crippen molar-refractivity contribution in [2.45, 2.75) is 77.4 Å². The van der Waals surface area contributed by atoms with Crippen LogP contribution in [-0.2, 0) is 35.1 Å². The third kappa shape index (κ3) is 20.4. The van der Waals surface area contributed by atoms with E-state index in [4.69, 9.17) is 32.6 Å². The zero-order valence-electron chi connectivity index (χ0n) is 35.1. The molecule has 0 saturated heterocycles. The highest BCUT2D eigenvalue weighted by atomic mass is 32.2. The molecule has 5 N–H and O–H groups in total. The van der Waals surface area contributed by atoms with Crippen LogP contribution in [0.15, 0.2) is 77.0 Å². The second kappa shape index (κ2) is 23.7. The van der Waals surface area contributed by atoms with E-state index in [9.17, 15) is 34.8 Å². The van der Waals surface area contributed by atoms with E-state index < -0.39 is 64.7 Å². The van der Waals surface area contributed by atoms with Crippen LogP contribution in [-0.4, -0.2) is 112 Å². The van der Waals surface area contributed by atoms with E-state index in [1.807, 2.05) is 58.0 Å². The Hall–Kier alpha value is -4.71. The first-order valence-corrected chi connectivity index (χ1v) is 24.5. The van der Waals surface area contributed by atoms with Crippen molar-refractivity contribution in [3.63, 3.8) is 0 Å². The Labute approximate surface area is 363 Å². The molecule has 22 heteroatoms. The summed E-state index contributed by atoms with van der Waals surface area (Å²) in [5.74, 6) is -3.16. The summed E-state index contributed by atoms with van der Waals surface area (Å²) >= 11 is 0. The Balaban J connectivity index is 1.65. The van der Waals surface area contributed by atoms with Gasteiger partial charge in [0.25, 0.3) is 42.2 Å². The average molecular weight is 929 g/mol. The molecule has 3 aromatic rings. The average Bonchev–Trinajstić information content (AvgIpc) is 3.18. The van der Waals surface area contributed by atoms with E-state index in [-0.39, 0.29) is 81.0 Å². The van der Waals surface area contributed by atoms with E-state index in [1.54, 1.807) is 24.3 Å². The Kier molecular flexibility index (Phi) is 19.7. The molecular formula is C40H56N4O15S3. The lowest BCUT2D eigenvalue weighted by Crippen LogP contribution is -2.45. The fourth-order valence-corrected chi connectivity index (χ4v) is 6.95. The molecule has 2 amide bonds. The molecule has 0 aliphatic heterocycles. The number of rotatable bonds is 28. The summed E-state index contributed by atoms with van der Waals surface area (Å²) in [4.78, 5) is 26.6. The molecular weight excluding hydrogens is 873 g/mol. The number of ether oxygens (including phenoxy) is 4. The lowest BCUT2D eigenvalue weighted by atomic mass is 9.97. The second-order valence-electron chi connectivity index (χ2n) is 15.1. The minimum atomic E-state index is -4.32. The van der Waals surface area contributed by atoms with Crippen molar-refractivity contribution in [3.05, 3.63) is 77.9 Å². The number of benzene rings is 3. The smallest absolute Gasteiger partial charge is 0.264 e. The number of hydrogen-bond donors (Lipinski definition) is 5. The molecule has 0 radical (unpaired) electrons. The topological polar surface area (TPSA) is 283 Å². The maximum Gasteiger partial charge on any atom is 0.264 e. The molecule has 62 heavy (non-hydrogen) atoms. The van der Waals surface area contributed by atoms with Gasteiger partial charge in [-0.15, -0.1) is 0 Å². The van der Waals surface area contributed by atoms with Crippen LogP contribution < -0.4 is 24.8 Å². The predicted molar refractivity (Wildman–Crippen MR) is 231 cm³/mol. The minimum Gasteiger partial charge on any atom is -0.489 e. The zero-order valence-corrected chi connectivity index (χ0v) is 37.6. The molecule has 19 nitrogen and oxygen atoms in total. The van der Waals surface area contributed by atoms with Crippen LogP contribution in [0.4, 0.5) is 11.4 Å². The van der Waals surface area contributed by atoms with Crippen molar-refractivity contribution < 1.29 is 67.4 Å². The number of nitrogens with zero attached hydrogens (tertiary/aromatic N) is 2. The van der Waals surface area contributed by atoms with Gasteiger partial charge >= 0.3 is 0 Å². The van der Waals surface area contributed by atoms with Crippen LogP contribution in [0.3, 0.4) is 0 Å². The van der Waals surface area contributed by atoms with Crippen molar-refractivity contribution in [1.29, 1.82) is 0 Å². The summed E-state index contributed by atoms with van der Waals surface area (Å²) in [6, 6.07) is 18.6. The minimum absolute atomic E-state index is 0.00678. The van der Waals surface area contributed by atoms with Crippen molar-refractivity contribution >= 4 is 53.5 Å². The molecule has 0 aromatic heterocycles. The summed E-state index contributed by atoms with van der Waals surface area (Å²) in [5, 5.41) is 14.3. The molecule has 0 aliphatic rings. The van der Waals surface area contributed by atoms with E-state index in [1.165, 1.54) is 12.1 Å². The largest absolute Gasteiger partial charge is 0.489 e. The highest BCUT2D eigenvalue weighted by Gasteiger charge is 2.27. The molecule has 0 fully saturated rings. The van der Waals surface area contributed by atoms with Crippen molar-refractivity contribution in [2.24, 2.45) is 10.2 Å². The van der Waals surface area contributed by atoms with Gasteiger partial charge in [-0.05, 0) is 108 Å².